The van der Waals surface area contributed by atoms with Gasteiger partial charge in [-0.05, 0) is 60.0 Å². The van der Waals surface area contributed by atoms with Crippen LogP contribution in [0.25, 0.3) is 0 Å². The topological polar surface area (TPSA) is 38.2 Å². The summed E-state index contributed by atoms with van der Waals surface area (Å²) < 4.78 is 19.2. The van der Waals surface area contributed by atoms with Crippen LogP contribution < -0.4 is 4.74 Å². The van der Waals surface area contributed by atoms with E-state index in [1.165, 1.54) is 17.7 Å². The van der Waals surface area contributed by atoms with E-state index < -0.39 is 0 Å². The van der Waals surface area contributed by atoms with Crippen LogP contribution in [0.1, 0.15) is 27.4 Å². The van der Waals surface area contributed by atoms with Crippen molar-refractivity contribution in [2.45, 2.75) is 33.2 Å². The van der Waals surface area contributed by atoms with Crippen LogP contribution in [-0.4, -0.2) is 14.9 Å². The first kappa shape index (κ1) is 21.2. The van der Waals surface area contributed by atoms with E-state index in [-0.39, 0.29) is 5.82 Å². The molecule has 0 aliphatic carbocycles. The number of pyridine rings is 1. The fourth-order valence-electron chi connectivity index (χ4n) is 3.28. The molecule has 0 aliphatic rings. The Morgan fingerprint density at radius 3 is 2.10 bits per heavy atom. The largest absolute Gasteiger partial charge is 0.489 e. The van der Waals surface area contributed by atoms with E-state index >= 15 is 0 Å². The van der Waals surface area contributed by atoms with Gasteiger partial charge < -0.3 is 4.74 Å². The van der Waals surface area contributed by atoms with E-state index in [2.05, 4.69) is 32.4 Å². The van der Waals surface area contributed by atoms with Crippen LogP contribution >= 0.6 is 11.3 Å². The molecule has 0 atom stereocenters. The number of thiazole rings is 1. The maximum Gasteiger partial charge on any atom is 0.123 e. The molecule has 0 fully saturated rings. The molecule has 0 bridgehead atoms. The van der Waals surface area contributed by atoms with Gasteiger partial charge in [0.2, 0.25) is 0 Å². The van der Waals surface area contributed by atoms with Crippen molar-refractivity contribution in [3.05, 3.63) is 112 Å². The molecule has 0 spiro atoms. The number of halogens is 1. The van der Waals surface area contributed by atoms with Gasteiger partial charge in [-0.15, -0.1) is 11.3 Å². The summed E-state index contributed by atoms with van der Waals surface area (Å²) in [5.41, 5.74) is 4.39. The number of hydrogen-bond acceptors (Lipinski definition) is 5. The third-order valence-electron chi connectivity index (χ3n) is 4.83. The van der Waals surface area contributed by atoms with E-state index in [0.29, 0.717) is 6.61 Å². The smallest absolute Gasteiger partial charge is 0.123 e. The Balaban J connectivity index is 1.41. The lowest BCUT2D eigenvalue weighted by Gasteiger charge is -2.22. The van der Waals surface area contributed by atoms with Crippen molar-refractivity contribution in [1.82, 2.24) is 14.9 Å². The predicted octanol–water partition coefficient (Wildman–Crippen LogP) is 5.77. The minimum absolute atomic E-state index is 0.215. The summed E-state index contributed by atoms with van der Waals surface area (Å²) in [4.78, 5) is 10.9. The first-order chi connectivity index (χ1) is 15.1. The SMILES string of the molecule is Cc1csc(CN(Cc2ccc(F)cc2)Cc2ccc(OCc3ccncc3)cc2)n1. The molecule has 0 N–H and O–H groups in total. The first-order valence-electron chi connectivity index (χ1n) is 10.1. The molecule has 0 aliphatic heterocycles. The molecule has 0 radical (unpaired) electrons. The summed E-state index contributed by atoms with van der Waals surface area (Å²) in [6.45, 7) is 4.76. The zero-order chi connectivity index (χ0) is 21.5. The number of hydrogen-bond donors (Lipinski definition) is 0. The number of aryl methyl sites for hydroxylation is 1. The molecule has 4 rings (SSSR count). The molecule has 158 valence electrons. The van der Waals surface area contributed by atoms with Crippen LogP contribution in [0.4, 0.5) is 4.39 Å². The van der Waals surface area contributed by atoms with Crippen LogP contribution in [0.3, 0.4) is 0 Å². The first-order valence-corrected chi connectivity index (χ1v) is 11.0. The Morgan fingerprint density at radius 2 is 1.48 bits per heavy atom. The summed E-state index contributed by atoms with van der Waals surface area (Å²) in [5, 5.41) is 3.15. The van der Waals surface area contributed by atoms with Crippen molar-refractivity contribution in [1.29, 1.82) is 0 Å². The molecule has 4 aromatic rings. The van der Waals surface area contributed by atoms with Crippen molar-refractivity contribution >= 4 is 11.3 Å². The maximum absolute atomic E-state index is 13.3. The standard InChI is InChI=1S/C25H24FN3OS/c1-19-18-31-25(28-19)16-29(14-20-2-6-23(26)7-3-20)15-21-4-8-24(9-5-21)30-17-22-10-12-27-13-11-22/h2-13,18H,14-17H2,1H3. The highest BCUT2D eigenvalue weighted by Gasteiger charge is 2.11. The van der Waals surface area contributed by atoms with Gasteiger partial charge in [0, 0.05) is 36.6 Å². The molecule has 0 saturated heterocycles. The number of aromatic nitrogens is 2. The summed E-state index contributed by atoms with van der Waals surface area (Å²) in [5.74, 6) is 0.620. The Hall–Kier alpha value is -3.09. The molecule has 2 aromatic carbocycles. The van der Waals surface area contributed by atoms with Gasteiger partial charge in [-0.3, -0.25) is 9.88 Å². The molecule has 2 heterocycles. The fourth-order valence-corrected chi connectivity index (χ4v) is 4.09. The van der Waals surface area contributed by atoms with Gasteiger partial charge in [-0.2, -0.15) is 0 Å². The van der Waals surface area contributed by atoms with Crippen LogP contribution in [0, 0.1) is 12.7 Å². The molecule has 4 nitrogen and oxygen atoms in total. The quantitative estimate of drug-likeness (QED) is 0.336. The maximum atomic E-state index is 13.3. The minimum atomic E-state index is -0.215. The molecule has 31 heavy (non-hydrogen) atoms. The lowest BCUT2D eigenvalue weighted by molar-refractivity contribution is 0.247. The fraction of sp³-hybridized carbons (Fsp3) is 0.200. The summed E-state index contributed by atoms with van der Waals surface area (Å²) in [7, 11) is 0. The Labute approximate surface area is 186 Å². The Morgan fingerprint density at radius 1 is 0.839 bits per heavy atom. The number of rotatable bonds is 9. The van der Waals surface area contributed by atoms with Gasteiger partial charge in [-0.1, -0.05) is 24.3 Å². The Bertz CT molecular complexity index is 1080. The molecule has 0 amide bonds. The van der Waals surface area contributed by atoms with Gasteiger partial charge in [0.05, 0.1) is 6.54 Å². The van der Waals surface area contributed by atoms with Gasteiger partial charge in [0.1, 0.15) is 23.2 Å². The second-order valence-electron chi connectivity index (χ2n) is 7.44. The van der Waals surface area contributed by atoms with Crippen molar-refractivity contribution in [2.24, 2.45) is 0 Å². The highest BCUT2D eigenvalue weighted by Crippen LogP contribution is 2.19. The van der Waals surface area contributed by atoms with Crippen LogP contribution in [0.5, 0.6) is 5.75 Å². The van der Waals surface area contributed by atoms with Gasteiger partial charge in [0.25, 0.3) is 0 Å². The number of nitrogens with zero attached hydrogens (tertiary/aromatic N) is 3. The van der Waals surface area contributed by atoms with E-state index in [1.54, 1.807) is 23.7 Å². The van der Waals surface area contributed by atoms with Crippen LogP contribution in [0.2, 0.25) is 0 Å². The molecule has 2 aromatic heterocycles. The van der Waals surface area contributed by atoms with E-state index in [4.69, 9.17) is 4.74 Å². The molecule has 6 heteroatoms. The number of ether oxygens (including phenoxy) is 1. The molecular weight excluding hydrogens is 409 g/mol. The highest BCUT2D eigenvalue weighted by molar-refractivity contribution is 7.09. The van der Waals surface area contributed by atoms with Crippen molar-refractivity contribution in [2.75, 3.05) is 0 Å². The summed E-state index contributed by atoms with van der Waals surface area (Å²) in [6.07, 6.45) is 3.53. The van der Waals surface area contributed by atoms with E-state index in [9.17, 15) is 4.39 Å². The number of benzene rings is 2. The van der Waals surface area contributed by atoms with Gasteiger partial charge in [0.15, 0.2) is 0 Å². The lowest BCUT2D eigenvalue weighted by Crippen LogP contribution is -2.22. The second kappa shape index (κ2) is 10.3. The van der Waals surface area contributed by atoms with Crippen LogP contribution in [-0.2, 0) is 26.2 Å². The zero-order valence-corrected chi connectivity index (χ0v) is 18.2. The van der Waals surface area contributed by atoms with E-state index in [0.717, 1.165) is 47.2 Å². The van der Waals surface area contributed by atoms with E-state index in [1.807, 2.05) is 43.3 Å². The van der Waals surface area contributed by atoms with Crippen molar-refractivity contribution in [3.8, 4) is 5.75 Å². The Kier molecular flexibility index (Phi) is 7.02. The van der Waals surface area contributed by atoms with Crippen molar-refractivity contribution in [3.63, 3.8) is 0 Å². The van der Waals surface area contributed by atoms with Crippen LogP contribution in [0.15, 0.2) is 78.4 Å². The van der Waals surface area contributed by atoms with Gasteiger partial charge >= 0.3 is 0 Å². The van der Waals surface area contributed by atoms with Crippen molar-refractivity contribution < 1.29 is 9.13 Å². The summed E-state index contributed by atoms with van der Waals surface area (Å²) in [6, 6.07) is 18.8. The predicted molar refractivity (Wildman–Crippen MR) is 121 cm³/mol. The molecular formula is C25H24FN3OS. The molecule has 0 saturated carbocycles. The average molecular weight is 434 g/mol. The average Bonchev–Trinajstić information content (AvgIpc) is 3.20. The third-order valence-corrected chi connectivity index (χ3v) is 5.78. The monoisotopic (exact) mass is 433 g/mol. The molecule has 0 unspecified atom stereocenters. The minimum Gasteiger partial charge on any atom is -0.489 e. The van der Waals surface area contributed by atoms with Gasteiger partial charge in [-0.25, -0.2) is 9.37 Å². The highest BCUT2D eigenvalue weighted by atomic mass is 32.1. The zero-order valence-electron chi connectivity index (χ0n) is 17.4. The summed E-state index contributed by atoms with van der Waals surface area (Å²) >= 11 is 1.67. The lowest BCUT2D eigenvalue weighted by atomic mass is 10.1. The second-order valence-corrected chi connectivity index (χ2v) is 8.38. The third kappa shape index (κ3) is 6.44. The normalized spacial score (nSPS) is 11.1.